The molecular formula is C18H16N4O2. The second-order valence-electron chi connectivity index (χ2n) is 6.03. The molecule has 0 radical (unpaired) electrons. The first kappa shape index (κ1) is 14.6. The first-order valence-corrected chi connectivity index (χ1v) is 7.63. The number of rotatable bonds is 2. The van der Waals surface area contributed by atoms with E-state index in [0.29, 0.717) is 5.56 Å². The quantitative estimate of drug-likeness (QED) is 0.761. The molecule has 0 saturated carbocycles. The lowest BCUT2D eigenvalue weighted by Gasteiger charge is -2.19. The van der Waals surface area contributed by atoms with Crippen molar-refractivity contribution in [1.82, 2.24) is 15.4 Å². The molecule has 6 nitrogen and oxygen atoms in total. The van der Waals surface area contributed by atoms with Gasteiger partial charge in [-0.1, -0.05) is 23.8 Å². The van der Waals surface area contributed by atoms with Gasteiger partial charge in [-0.05, 0) is 32.0 Å². The third kappa shape index (κ3) is 2.28. The molecule has 120 valence electrons. The standard InChI is InChI=1S/C18H16N4O2/c1-11-4-3-5-12(8-11)16-13-9-14(18(2)20-10-24-22-18)17(23)21-15(13)6-7-19-16/h3-10,22H,1-2H3,(H,21,23). The van der Waals surface area contributed by atoms with Crippen LogP contribution in [0.4, 0.5) is 0 Å². The molecule has 0 bridgehead atoms. The van der Waals surface area contributed by atoms with Crippen molar-refractivity contribution < 1.29 is 4.84 Å². The summed E-state index contributed by atoms with van der Waals surface area (Å²) in [6.45, 7) is 3.83. The van der Waals surface area contributed by atoms with E-state index in [1.54, 1.807) is 19.2 Å². The van der Waals surface area contributed by atoms with Crippen LogP contribution in [0.2, 0.25) is 0 Å². The number of aliphatic imine (C=N–C) groups is 1. The molecule has 1 atom stereocenters. The van der Waals surface area contributed by atoms with Crippen LogP contribution in [-0.4, -0.2) is 16.4 Å². The Morgan fingerprint density at radius 2 is 2.08 bits per heavy atom. The molecule has 0 saturated heterocycles. The van der Waals surface area contributed by atoms with Gasteiger partial charge in [-0.2, -0.15) is 0 Å². The highest BCUT2D eigenvalue weighted by Crippen LogP contribution is 2.29. The molecule has 2 aromatic heterocycles. The summed E-state index contributed by atoms with van der Waals surface area (Å²) in [7, 11) is 0. The number of aromatic nitrogens is 2. The van der Waals surface area contributed by atoms with Crippen LogP contribution in [0.25, 0.3) is 22.2 Å². The molecule has 3 heterocycles. The molecule has 6 heteroatoms. The van der Waals surface area contributed by atoms with Gasteiger partial charge in [0.25, 0.3) is 5.56 Å². The Morgan fingerprint density at radius 1 is 1.21 bits per heavy atom. The SMILES string of the molecule is Cc1cccc(-c2nccc3[nH]c(=O)c(C4(C)N=CON4)cc23)c1. The number of hydroxylamine groups is 1. The van der Waals surface area contributed by atoms with E-state index in [1.165, 1.54) is 6.40 Å². The van der Waals surface area contributed by atoms with Crippen LogP contribution in [0, 0.1) is 6.92 Å². The van der Waals surface area contributed by atoms with E-state index in [9.17, 15) is 4.79 Å². The maximum absolute atomic E-state index is 12.5. The average molecular weight is 320 g/mol. The highest BCUT2D eigenvalue weighted by molar-refractivity contribution is 5.92. The molecule has 3 aromatic rings. The van der Waals surface area contributed by atoms with Gasteiger partial charge in [-0.15, -0.1) is 5.48 Å². The average Bonchev–Trinajstić information content (AvgIpc) is 3.01. The number of aromatic amines is 1. The molecule has 2 N–H and O–H groups in total. The van der Waals surface area contributed by atoms with Gasteiger partial charge < -0.3 is 9.82 Å². The number of fused-ring (bicyclic) bond motifs is 1. The zero-order valence-electron chi connectivity index (χ0n) is 13.3. The van der Waals surface area contributed by atoms with Gasteiger partial charge in [0.05, 0.1) is 16.8 Å². The first-order chi connectivity index (χ1) is 11.6. The predicted molar refractivity (Wildman–Crippen MR) is 92.6 cm³/mol. The third-order valence-corrected chi connectivity index (χ3v) is 4.21. The molecular weight excluding hydrogens is 304 g/mol. The molecule has 0 fully saturated rings. The van der Waals surface area contributed by atoms with E-state index in [0.717, 1.165) is 27.7 Å². The summed E-state index contributed by atoms with van der Waals surface area (Å²) in [5.41, 5.74) is 5.83. The van der Waals surface area contributed by atoms with E-state index in [-0.39, 0.29) is 5.56 Å². The summed E-state index contributed by atoms with van der Waals surface area (Å²) in [5, 5.41) is 0.864. The monoisotopic (exact) mass is 320 g/mol. The number of pyridine rings is 2. The lowest BCUT2D eigenvalue weighted by atomic mass is 9.99. The Labute approximate surface area is 138 Å². The number of benzene rings is 1. The number of nitrogens with zero attached hydrogens (tertiary/aromatic N) is 2. The minimum absolute atomic E-state index is 0.207. The van der Waals surface area contributed by atoms with E-state index in [4.69, 9.17) is 4.84 Å². The highest BCUT2D eigenvalue weighted by atomic mass is 16.7. The molecule has 0 spiro atoms. The molecule has 0 amide bonds. The summed E-state index contributed by atoms with van der Waals surface area (Å²) in [6, 6.07) is 11.7. The van der Waals surface area contributed by atoms with Crippen LogP contribution in [0.15, 0.2) is 52.4 Å². The first-order valence-electron chi connectivity index (χ1n) is 7.63. The molecule has 24 heavy (non-hydrogen) atoms. The van der Waals surface area contributed by atoms with Crippen molar-refractivity contribution in [3.8, 4) is 11.3 Å². The number of hydrogen-bond acceptors (Lipinski definition) is 5. The van der Waals surface area contributed by atoms with Crippen molar-refractivity contribution in [2.45, 2.75) is 19.5 Å². The molecule has 1 aliphatic rings. The van der Waals surface area contributed by atoms with Crippen molar-refractivity contribution in [2.24, 2.45) is 4.99 Å². The number of hydrogen-bond donors (Lipinski definition) is 2. The van der Waals surface area contributed by atoms with E-state index in [1.807, 2.05) is 31.2 Å². The fourth-order valence-electron chi connectivity index (χ4n) is 2.94. The smallest absolute Gasteiger partial charge is 0.255 e. The zero-order valence-corrected chi connectivity index (χ0v) is 13.3. The molecule has 4 rings (SSSR count). The van der Waals surface area contributed by atoms with Gasteiger partial charge in [-0.25, -0.2) is 4.99 Å². The summed E-state index contributed by atoms with van der Waals surface area (Å²) < 4.78 is 0. The largest absolute Gasteiger partial charge is 0.394 e. The molecule has 1 unspecified atom stereocenters. The van der Waals surface area contributed by atoms with E-state index < -0.39 is 5.66 Å². The fraction of sp³-hybridized carbons (Fsp3) is 0.167. The summed E-state index contributed by atoms with van der Waals surface area (Å²) in [4.78, 5) is 29.2. The van der Waals surface area contributed by atoms with Gasteiger partial charge in [0.1, 0.15) is 0 Å². The van der Waals surface area contributed by atoms with E-state index in [2.05, 4.69) is 26.5 Å². The van der Waals surface area contributed by atoms with Gasteiger partial charge >= 0.3 is 0 Å². The summed E-state index contributed by atoms with van der Waals surface area (Å²) in [5.74, 6) is 0. The minimum Gasteiger partial charge on any atom is -0.394 e. The molecule has 1 aliphatic heterocycles. The van der Waals surface area contributed by atoms with Crippen molar-refractivity contribution in [3.05, 3.63) is 64.1 Å². The van der Waals surface area contributed by atoms with Gasteiger partial charge in [0.15, 0.2) is 12.1 Å². The molecule has 1 aromatic carbocycles. The Hall–Kier alpha value is -2.99. The highest BCUT2D eigenvalue weighted by Gasteiger charge is 2.32. The number of nitrogens with one attached hydrogen (secondary N) is 2. The second-order valence-corrected chi connectivity index (χ2v) is 6.03. The maximum Gasteiger partial charge on any atom is 0.255 e. The predicted octanol–water partition coefficient (Wildman–Crippen LogP) is 2.63. The van der Waals surface area contributed by atoms with E-state index >= 15 is 0 Å². The maximum atomic E-state index is 12.5. The van der Waals surface area contributed by atoms with Crippen LogP contribution in [0.1, 0.15) is 18.1 Å². The topological polar surface area (TPSA) is 79.4 Å². The van der Waals surface area contributed by atoms with Gasteiger partial charge in [0, 0.05) is 17.1 Å². The Balaban J connectivity index is 2.00. The van der Waals surface area contributed by atoms with Gasteiger partial charge in [-0.3, -0.25) is 9.78 Å². The van der Waals surface area contributed by atoms with Crippen LogP contribution >= 0.6 is 0 Å². The summed E-state index contributed by atoms with van der Waals surface area (Å²) in [6.07, 6.45) is 3.00. The second kappa shape index (κ2) is 5.28. The van der Waals surface area contributed by atoms with Crippen molar-refractivity contribution in [1.29, 1.82) is 0 Å². The Morgan fingerprint density at radius 3 is 2.83 bits per heavy atom. The normalized spacial score (nSPS) is 19.6. The van der Waals surface area contributed by atoms with Crippen molar-refractivity contribution in [3.63, 3.8) is 0 Å². The lowest BCUT2D eigenvalue weighted by molar-refractivity contribution is 0.134. The van der Waals surface area contributed by atoms with Crippen LogP contribution in [0.3, 0.4) is 0 Å². The van der Waals surface area contributed by atoms with Gasteiger partial charge in [0.2, 0.25) is 0 Å². The molecule has 0 aliphatic carbocycles. The van der Waals surface area contributed by atoms with Crippen molar-refractivity contribution in [2.75, 3.05) is 0 Å². The lowest BCUT2D eigenvalue weighted by Crippen LogP contribution is -2.37. The van der Waals surface area contributed by atoms with Crippen LogP contribution < -0.4 is 11.0 Å². The zero-order chi connectivity index (χ0) is 16.7. The van der Waals surface area contributed by atoms with Crippen LogP contribution in [0.5, 0.6) is 0 Å². The fourth-order valence-corrected chi connectivity index (χ4v) is 2.94. The van der Waals surface area contributed by atoms with Crippen molar-refractivity contribution >= 4 is 17.3 Å². The minimum atomic E-state index is -0.915. The number of H-pyrrole nitrogens is 1. The summed E-state index contributed by atoms with van der Waals surface area (Å²) >= 11 is 0. The van der Waals surface area contributed by atoms with Crippen LogP contribution in [-0.2, 0) is 10.5 Å². The number of aryl methyl sites for hydroxylation is 1. The Bertz CT molecular complexity index is 1020. The third-order valence-electron chi connectivity index (χ3n) is 4.21. The Kier molecular flexibility index (Phi) is 3.21.